The van der Waals surface area contributed by atoms with Gasteiger partial charge in [-0.15, -0.1) is 0 Å². The van der Waals surface area contributed by atoms with Crippen LogP contribution in [0.1, 0.15) is 226 Å². The standard InChI is InChI=1S/C55H92O6/c1-4-7-10-13-16-19-22-25-26-27-28-29-31-33-36-39-42-45-48-54(57)60-51-52(50-59-53(56)47-44-41-38-35-32-24-21-18-15-12-9-6-3)61-55(58)49-46-43-40-37-34-30-23-20-17-14-11-8-5-2/h8-9,11-12,14,17-18,20-21,23,26-29,52H,4-7,10,13,15-16,19,22,24-25,30-51H2,1-3H3/b11-8-,12-9-,17-14-,21-18-,23-20-,27-26-,29-28-. The van der Waals surface area contributed by atoms with Gasteiger partial charge in [0.1, 0.15) is 13.2 Å². The van der Waals surface area contributed by atoms with E-state index in [9.17, 15) is 14.4 Å². The monoisotopic (exact) mass is 849 g/mol. The van der Waals surface area contributed by atoms with Crippen LogP contribution in [-0.4, -0.2) is 37.2 Å². The molecule has 6 heteroatoms. The van der Waals surface area contributed by atoms with Gasteiger partial charge in [-0.2, -0.15) is 0 Å². The molecule has 1 atom stereocenters. The Bertz CT molecular complexity index is 1200. The third kappa shape index (κ3) is 47.5. The van der Waals surface area contributed by atoms with Gasteiger partial charge in [0.15, 0.2) is 6.10 Å². The van der Waals surface area contributed by atoms with E-state index in [1.807, 2.05) is 0 Å². The van der Waals surface area contributed by atoms with Crippen LogP contribution in [0.3, 0.4) is 0 Å². The first-order valence-electron chi connectivity index (χ1n) is 25.1. The lowest BCUT2D eigenvalue weighted by Gasteiger charge is -2.18. The molecule has 0 aliphatic carbocycles. The van der Waals surface area contributed by atoms with E-state index in [1.165, 1.54) is 51.4 Å². The lowest BCUT2D eigenvalue weighted by Crippen LogP contribution is -2.30. The molecule has 0 bridgehead atoms. The van der Waals surface area contributed by atoms with Gasteiger partial charge in [-0.25, -0.2) is 0 Å². The number of rotatable bonds is 44. The van der Waals surface area contributed by atoms with Crippen LogP contribution in [0.25, 0.3) is 0 Å². The second-order valence-electron chi connectivity index (χ2n) is 16.4. The maximum Gasteiger partial charge on any atom is 0.306 e. The molecule has 0 spiro atoms. The first kappa shape index (κ1) is 57.6. The molecule has 0 aromatic carbocycles. The zero-order chi connectivity index (χ0) is 44.4. The second kappa shape index (κ2) is 49.2. The van der Waals surface area contributed by atoms with Gasteiger partial charge in [-0.05, 0) is 89.9 Å². The molecule has 0 radical (unpaired) electrons. The summed E-state index contributed by atoms with van der Waals surface area (Å²) in [5.74, 6) is -0.951. The highest BCUT2D eigenvalue weighted by Crippen LogP contribution is 2.13. The third-order valence-electron chi connectivity index (χ3n) is 10.5. The van der Waals surface area contributed by atoms with Gasteiger partial charge in [0, 0.05) is 19.3 Å². The smallest absolute Gasteiger partial charge is 0.306 e. The first-order valence-corrected chi connectivity index (χ1v) is 25.1. The summed E-state index contributed by atoms with van der Waals surface area (Å²) in [7, 11) is 0. The van der Waals surface area contributed by atoms with Gasteiger partial charge in [0.25, 0.3) is 0 Å². The Labute approximate surface area is 375 Å². The molecule has 0 N–H and O–H groups in total. The molecular weight excluding hydrogens is 757 g/mol. The molecule has 0 fully saturated rings. The minimum absolute atomic E-state index is 0.0986. The van der Waals surface area contributed by atoms with Crippen molar-refractivity contribution in [2.75, 3.05) is 13.2 Å². The van der Waals surface area contributed by atoms with Crippen molar-refractivity contribution >= 4 is 17.9 Å². The summed E-state index contributed by atoms with van der Waals surface area (Å²) < 4.78 is 16.7. The largest absolute Gasteiger partial charge is 0.462 e. The van der Waals surface area contributed by atoms with Crippen molar-refractivity contribution in [3.8, 4) is 0 Å². The van der Waals surface area contributed by atoms with Crippen molar-refractivity contribution < 1.29 is 28.6 Å². The molecule has 61 heavy (non-hydrogen) atoms. The molecule has 0 saturated carbocycles. The van der Waals surface area contributed by atoms with E-state index in [0.717, 1.165) is 135 Å². The lowest BCUT2D eigenvalue weighted by atomic mass is 10.1. The summed E-state index contributed by atoms with van der Waals surface area (Å²) >= 11 is 0. The van der Waals surface area contributed by atoms with Crippen molar-refractivity contribution in [3.63, 3.8) is 0 Å². The van der Waals surface area contributed by atoms with Crippen molar-refractivity contribution in [3.05, 3.63) is 85.1 Å². The molecule has 0 amide bonds. The van der Waals surface area contributed by atoms with E-state index in [1.54, 1.807) is 0 Å². The number of esters is 3. The Balaban J connectivity index is 4.43. The molecule has 0 aliphatic rings. The average Bonchev–Trinajstić information content (AvgIpc) is 3.26. The Morgan fingerprint density at radius 2 is 0.721 bits per heavy atom. The molecule has 0 rings (SSSR count). The summed E-state index contributed by atoms with van der Waals surface area (Å²) in [5.41, 5.74) is 0. The maximum absolute atomic E-state index is 12.8. The molecule has 0 saturated heterocycles. The van der Waals surface area contributed by atoms with E-state index in [0.29, 0.717) is 19.3 Å². The predicted molar refractivity (Wildman–Crippen MR) is 261 cm³/mol. The van der Waals surface area contributed by atoms with Gasteiger partial charge >= 0.3 is 17.9 Å². The van der Waals surface area contributed by atoms with Crippen LogP contribution in [-0.2, 0) is 28.6 Å². The van der Waals surface area contributed by atoms with E-state index in [4.69, 9.17) is 14.2 Å². The molecule has 0 heterocycles. The normalized spacial score (nSPS) is 12.8. The Hall–Kier alpha value is -3.41. The zero-order valence-electron chi connectivity index (χ0n) is 39.7. The predicted octanol–water partition coefficient (Wildman–Crippen LogP) is 16.4. The van der Waals surface area contributed by atoms with Crippen LogP contribution < -0.4 is 0 Å². The van der Waals surface area contributed by atoms with Gasteiger partial charge < -0.3 is 14.2 Å². The lowest BCUT2D eigenvalue weighted by molar-refractivity contribution is -0.167. The number of ether oxygens (including phenoxy) is 3. The van der Waals surface area contributed by atoms with Crippen LogP contribution in [0.2, 0.25) is 0 Å². The number of allylic oxidation sites excluding steroid dienone is 14. The molecule has 1 unspecified atom stereocenters. The summed E-state index contributed by atoms with van der Waals surface area (Å²) in [6, 6.07) is 0. The number of hydrogen-bond acceptors (Lipinski definition) is 6. The van der Waals surface area contributed by atoms with Crippen molar-refractivity contribution in [2.24, 2.45) is 0 Å². The molecular formula is C55H92O6. The minimum Gasteiger partial charge on any atom is -0.462 e. The quantitative estimate of drug-likeness (QED) is 0.0200. The van der Waals surface area contributed by atoms with E-state index >= 15 is 0 Å². The maximum atomic E-state index is 12.8. The summed E-state index contributed by atoms with van der Waals surface area (Å²) in [4.78, 5) is 37.9. The fourth-order valence-corrected chi connectivity index (χ4v) is 6.70. The van der Waals surface area contributed by atoms with E-state index in [2.05, 4.69) is 106 Å². The highest BCUT2D eigenvalue weighted by molar-refractivity contribution is 5.71. The summed E-state index contributed by atoms with van der Waals surface area (Å²) in [6.45, 7) is 6.34. The minimum atomic E-state index is -0.799. The molecule has 0 aromatic rings. The van der Waals surface area contributed by atoms with Crippen LogP contribution in [0.15, 0.2) is 85.1 Å². The van der Waals surface area contributed by atoms with Crippen molar-refractivity contribution in [1.82, 2.24) is 0 Å². The molecule has 6 nitrogen and oxygen atoms in total. The molecule has 348 valence electrons. The Kier molecular flexibility index (Phi) is 46.5. The fourth-order valence-electron chi connectivity index (χ4n) is 6.70. The van der Waals surface area contributed by atoms with Crippen molar-refractivity contribution in [1.29, 1.82) is 0 Å². The SMILES string of the molecule is CC\C=C/C=C\C=C/CCCCCCCC(=O)OC(COC(=O)CCCCCCC/C=C\C=C/CCCCCCCCC)COC(=O)CCCCCCC/C=C\C/C=C\CC. The van der Waals surface area contributed by atoms with Crippen LogP contribution >= 0.6 is 0 Å². The van der Waals surface area contributed by atoms with E-state index in [-0.39, 0.29) is 31.1 Å². The van der Waals surface area contributed by atoms with Crippen LogP contribution in [0.4, 0.5) is 0 Å². The van der Waals surface area contributed by atoms with Crippen LogP contribution in [0, 0.1) is 0 Å². The summed E-state index contributed by atoms with van der Waals surface area (Å²) in [6.07, 6.45) is 62.8. The zero-order valence-corrected chi connectivity index (χ0v) is 39.7. The van der Waals surface area contributed by atoms with Crippen molar-refractivity contribution in [2.45, 2.75) is 232 Å². The fraction of sp³-hybridized carbons (Fsp3) is 0.691. The van der Waals surface area contributed by atoms with Crippen LogP contribution in [0.5, 0.6) is 0 Å². The van der Waals surface area contributed by atoms with Gasteiger partial charge in [-0.3, -0.25) is 14.4 Å². The molecule has 0 aromatic heterocycles. The highest BCUT2D eigenvalue weighted by Gasteiger charge is 2.19. The highest BCUT2D eigenvalue weighted by atomic mass is 16.6. The topological polar surface area (TPSA) is 78.9 Å². The number of carbonyl (C=O) groups is 3. The number of unbranched alkanes of at least 4 members (excludes halogenated alkanes) is 22. The second-order valence-corrected chi connectivity index (χ2v) is 16.4. The van der Waals surface area contributed by atoms with Gasteiger partial charge in [0.2, 0.25) is 0 Å². The summed E-state index contributed by atoms with van der Waals surface area (Å²) in [5, 5.41) is 0. The average molecular weight is 849 g/mol. The number of hydrogen-bond donors (Lipinski definition) is 0. The van der Waals surface area contributed by atoms with Gasteiger partial charge in [-0.1, -0.05) is 202 Å². The first-order chi connectivity index (χ1) is 30.0. The van der Waals surface area contributed by atoms with Gasteiger partial charge in [0.05, 0.1) is 0 Å². The number of carbonyl (C=O) groups excluding carboxylic acids is 3. The molecule has 0 aliphatic heterocycles. The Morgan fingerprint density at radius 3 is 1.18 bits per heavy atom. The Morgan fingerprint density at radius 1 is 0.361 bits per heavy atom. The van der Waals surface area contributed by atoms with E-state index < -0.39 is 6.10 Å². The third-order valence-corrected chi connectivity index (χ3v) is 10.5.